The van der Waals surface area contributed by atoms with Gasteiger partial charge >= 0.3 is 12.1 Å². The van der Waals surface area contributed by atoms with Gasteiger partial charge in [-0.1, -0.05) is 52.3 Å². The fourth-order valence-corrected chi connectivity index (χ4v) is 7.71. The number of hydrogen-bond acceptors (Lipinski definition) is 9. The number of nitrogens with zero attached hydrogens (tertiary/aromatic N) is 1. The second kappa shape index (κ2) is 17.7. The van der Waals surface area contributed by atoms with Crippen LogP contribution in [0.3, 0.4) is 0 Å². The molecule has 1 aromatic heterocycles. The number of thioether (sulfide) groups is 1. The van der Waals surface area contributed by atoms with E-state index in [1.807, 2.05) is 30.3 Å². The summed E-state index contributed by atoms with van der Waals surface area (Å²) < 4.78 is 11.7. The van der Waals surface area contributed by atoms with E-state index in [2.05, 4.69) is 31.9 Å². The number of nitrogens with one attached hydrogen (secondary N) is 3. The first kappa shape index (κ1) is 39.3. The van der Waals surface area contributed by atoms with Crippen LogP contribution < -0.4 is 16.0 Å². The average molecular weight is 820 g/mol. The molecule has 1 aliphatic heterocycles. The van der Waals surface area contributed by atoms with Gasteiger partial charge in [-0.05, 0) is 93.8 Å². The van der Waals surface area contributed by atoms with Crippen LogP contribution in [0.1, 0.15) is 64.4 Å². The smallest absolute Gasteiger partial charge is 0.410 e. The highest BCUT2D eigenvalue weighted by Crippen LogP contribution is 2.38. The van der Waals surface area contributed by atoms with Crippen molar-refractivity contribution in [1.29, 1.82) is 0 Å². The van der Waals surface area contributed by atoms with Crippen molar-refractivity contribution < 1.29 is 33.4 Å². The third-order valence-electron chi connectivity index (χ3n) is 7.59. The van der Waals surface area contributed by atoms with Gasteiger partial charge in [0.1, 0.15) is 16.3 Å². The van der Waals surface area contributed by atoms with Crippen LogP contribution in [0.2, 0.25) is 0 Å². The summed E-state index contributed by atoms with van der Waals surface area (Å²) in [4.78, 5) is 68.7. The summed E-state index contributed by atoms with van der Waals surface area (Å²) in [5, 5.41) is 8.84. The van der Waals surface area contributed by atoms with Crippen molar-refractivity contribution in [1.82, 2.24) is 10.2 Å². The van der Waals surface area contributed by atoms with Gasteiger partial charge < -0.3 is 30.3 Å². The van der Waals surface area contributed by atoms with E-state index in [4.69, 9.17) is 9.47 Å². The van der Waals surface area contributed by atoms with Gasteiger partial charge in [-0.3, -0.25) is 14.4 Å². The van der Waals surface area contributed by atoms with Crippen LogP contribution in [-0.2, 0) is 32.0 Å². The molecule has 0 fully saturated rings. The molecule has 11 nitrogen and oxygen atoms in total. The zero-order valence-corrected chi connectivity index (χ0v) is 32.8. The van der Waals surface area contributed by atoms with Gasteiger partial charge in [0.2, 0.25) is 5.91 Å². The monoisotopic (exact) mass is 818 g/mol. The number of ether oxygens (including phenoxy) is 2. The Kier molecular flexibility index (Phi) is 13.1. The number of carbonyl (C=O) groups is 5. The SMILES string of the molecule is CCOC(=O)c1c(NC(=O)CSc2cccc(NC(=O)/C(=C\c3cccc(Br)c3)NC(=O)c3ccccc3)c2)sc2c1CCN(C(=O)OC(C)(C)C)C2. The lowest BCUT2D eigenvalue weighted by Gasteiger charge is -2.30. The standard InChI is InChI=1S/C39H39BrN4O7S2/c1-5-50-37(48)33-29-17-18-44(38(49)51-39(2,3)4)22-31(29)53-36(33)43-32(45)23-52-28-16-10-15-27(21-28)41-35(47)30(20-24-11-9-14-26(40)19-24)42-34(46)25-12-7-6-8-13-25/h6-16,19-21H,5,17-18,22-23H2,1-4H3,(H,41,47)(H,42,46)(H,43,45)/b30-20+. The summed E-state index contributed by atoms with van der Waals surface area (Å²) in [6, 6.07) is 22.9. The molecule has 0 unspecified atom stereocenters. The minimum Gasteiger partial charge on any atom is -0.462 e. The summed E-state index contributed by atoms with van der Waals surface area (Å²) in [6.07, 6.45) is 1.56. The molecule has 3 N–H and O–H groups in total. The van der Waals surface area contributed by atoms with Gasteiger partial charge in [0.05, 0.1) is 24.5 Å². The van der Waals surface area contributed by atoms with E-state index in [-0.39, 0.29) is 30.5 Å². The molecule has 1 aliphatic rings. The van der Waals surface area contributed by atoms with Crippen molar-refractivity contribution in [2.24, 2.45) is 0 Å². The van der Waals surface area contributed by atoms with Crippen LogP contribution >= 0.6 is 39.0 Å². The number of halogens is 1. The maximum absolute atomic E-state index is 13.5. The van der Waals surface area contributed by atoms with E-state index in [1.54, 1.807) is 87.2 Å². The topological polar surface area (TPSA) is 143 Å². The van der Waals surface area contributed by atoms with Crippen molar-refractivity contribution in [2.75, 3.05) is 29.5 Å². The Morgan fingerprint density at radius 3 is 2.43 bits per heavy atom. The average Bonchev–Trinajstić information content (AvgIpc) is 3.47. The Labute approximate surface area is 324 Å². The normalized spacial score (nSPS) is 12.7. The molecule has 0 aliphatic carbocycles. The second-order valence-corrected chi connectivity index (χ2v) is 15.9. The summed E-state index contributed by atoms with van der Waals surface area (Å²) in [6.45, 7) is 7.91. The second-order valence-electron chi connectivity index (χ2n) is 12.8. The Bertz CT molecular complexity index is 2040. The molecule has 0 atom stereocenters. The van der Waals surface area contributed by atoms with Crippen molar-refractivity contribution in [3.63, 3.8) is 0 Å². The molecule has 2 heterocycles. The quantitative estimate of drug-likeness (QED) is 0.0783. The lowest BCUT2D eigenvalue weighted by atomic mass is 10.0. The number of esters is 1. The van der Waals surface area contributed by atoms with E-state index in [0.29, 0.717) is 45.2 Å². The maximum atomic E-state index is 13.5. The third-order valence-corrected chi connectivity index (χ3v) is 10.2. The van der Waals surface area contributed by atoms with Gasteiger partial charge in [0.15, 0.2) is 0 Å². The summed E-state index contributed by atoms with van der Waals surface area (Å²) >= 11 is 5.93. The van der Waals surface area contributed by atoms with Crippen LogP contribution in [0.4, 0.5) is 15.5 Å². The lowest BCUT2D eigenvalue weighted by molar-refractivity contribution is -0.114. The van der Waals surface area contributed by atoms with Gasteiger partial charge in [-0.15, -0.1) is 23.1 Å². The molecule has 0 radical (unpaired) electrons. The molecule has 0 saturated heterocycles. The molecule has 0 saturated carbocycles. The van der Waals surface area contributed by atoms with E-state index in [9.17, 15) is 24.0 Å². The largest absolute Gasteiger partial charge is 0.462 e. The van der Waals surface area contributed by atoms with Crippen LogP contribution in [0.5, 0.6) is 0 Å². The zero-order valence-electron chi connectivity index (χ0n) is 29.6. The van der Waals surface area contributed by atoms with Gasteiger partial charge in [0, 0.05) is 32.0 Å². The summed E-state index contributed by atoms with van der Waals surface area (Å²) in [7, 11) is 0. The first-order valence-electron chi connectivity index (χ1n) is 16.8. The fraction of sp³-hybridized carbons (Fsp3) is 0.256. The predicted octanol–water partition coefficient (Wildman–Crippen LogP) is 8.12. The number of carbonyl (C=O) groups excluding carboxylic acids is 5. The van der Waals surface area contributed by atoms with Crippen LogP contribution in [0, 0.1) is 0 Å². The van der Waals surface area contributed by atoms with Crippen LogP contribution in [0.15, 0.2) is 93.9 Å². The molecular weight excluding hydrogens is 780 g/mol. The van der Waals surface area contributed by atoms with Crippen molar-refractivity contribution in [3.05, 3.63) is 116 Å². The van der Waals surface area contributed by atoms with E-state index in [0.717, 1.165) is 14.9 Å². The highest BCUT2D eigenvalue weighted by atomic mass is 79.9. The lowest BCUT2D eigenvalue weighted by Crippen LogP contribution is -2.39. The Morgan fingerprint density at radius 2 is 1.72 bits per heavy atom. The predicted molar refractivity (Wildman–Crippen MR) is 211 cm³/mol. The molecular formula is C39H39BrN4O7S2. The maximum Gasteiger partial charge on any atom is 0.410 e. The van der Waals surface area contributed by atoms with Crippen molar-refractivity contribution in [2.45, 2.75) is 51.2 Å². The highest BCUT2D eigenvalue weighted by Gasteiger charge is 2.32. The molecule has 14 heteroatoms. The van der Waals surface area contributed by atoms with E-state index in [1.165, 1.54) is 23.1 Å². The number of rotatable bonds is 11. The molecule has 5 rings (SSSR count). The molecule has 276 valence electrons. The molecule has 4 aromatic rings. The zero-order chi connectivity index (χ0) is 38.1. The summed E-state index contributed by atoms with van der Waals surface area (Å²) in [5.41, 5.74) is 2.02. The van der Waals surface area contributed by atoms with Crippen LogP contribution in [0.25, 0.3) is 6.08 Å². The van der Waals surface area contributed by atoms with Crippen LogP contribution in [-0.4, -0.2) is 59.2 Å². The molecule has 0 bridgehead atoms. The number of fused-ring (bicyclic) bond motifs is 1. The van der Waals surface area contributed by atoms with Gasteiger partial charge in [-0.25, -0.2) is 9.59 Å². The number of hydrogen-bond donors (Lipinski definition) is 3. The van der Waals surface area contributed by atoms with Crippen molar-refractivity contribution >= 4 is 85.6 Å². The number of thiophene rings is 1. The van der Waals surface area contributed by atoms with E-state index < -0.39 is 29.5 Å². The van der Waals surface area contributed by atoms with Crippen molar-refractivity contribution in [3.8, 4) is 0 Å². The third kappa shape index (κ3) is 11.0. The van der Waals surface area contributed by atoms with Gasteiger partial charge in [0.25, 0.3) is 11.8 Å². The first-order valence-corrected chi connectivity index (χ1v) is 19.4. The molecule has 4 amide bonds. The molecule has 0 spiro atoms. The number of benzene rings is 3. The van der Waals surface area contributed by atoms with E-state index >= 15 is 0 Å². The Hall–Kier alpha value is -4.92. The minimum atomic E-state index is -0.648. The minimum absolute atomic E-state index is 0.00738. The van der Waals surface area contributed by atoms with Gasteiger partial charge in [-0.2, -0.15) is 0 Å². The fourth-order valence-electron chi connectivity index (χ4n) is 5.27. The Morgan fingerprint density at radius 1 is 0.962 bits per heavy atom. The number of anilines is 2. The molecule has 53 heavy (non-hydrogen) atoms. The summed E-state index contributed by atoms with van der Waals surface area (Å²) in [5.74, 6) is -1.84. The molecule has 3 aromatic carbocycles. The highest BCUT2D eigenvalue weighted by molar-refractivity contribution is 9.10. The number of amides is 4. The Balaban J connectivity index is 1.26. The first-order chi connectivity index (χ1) is 25.3.